The molecule has 0 aliphatic rings. The lowest BCUT2D eigenvalue weighted by molar-refractivity contribution is 0.416. The van der Waals surface area contributed by atoms with Gasteiger partial charge in [-0.25, -0.2) is 4.98 Å². The van der Waals surface area contributed by atoms with E-state index in [4.69, 9.17) is 9.72 Å². The molecule has 2 aromatic heterocycles. The van der Waals surface area contributed by atoms with Crippen LogP contribution in [0.2, 0.25) is 0 Å². The highest BCUT2D eigenvalue weighted by Crippen LogP contribution is 2.32. The van der Waals surface area contributed by atoms with Crippen LogP contribution < -0.4 is 4.74 Å². The number of nitrogens with zero attached hydrogens (tertiary/aromatic N) is 5. The molecule has 0 radical (unpaired) electrons. The molecule has 0 spiro atoms. The first-order valence-corrected chi connectivity index (χ1v) is 9.98. The Kier molecular flexibility index (Phi) is 5.16. The van der Waals surface area contributed by atoms with Crippen LogP contribution in [-0.2, 0) is 6.54 Å². The average Bonchev–Trinajstić information content (AvgIpc) is 3.38. The summed E-state index contributed by atoms with van der Waals surface area (Å²) in [5, 5.41) is 15.8. The quantitative estimate of drug-likeness (QED) is 0.479. The second-order valence-electron chi connectivity index (χ2n) is 6.76. The van der Waals surface area contributed by atoms with Crippen molar-refractivity contribution in [2.45, 2.75) is 26.3 Å². The summed E-state index contributed by atoms with van der Waals surface area (Å²) in [4.78, 5) is 6.28. The number of hydrogen-bond acceptors (Lipinski definition) is 6. The zero-order valence-electron chi connectivity index (χ0n) is 16.0. The third-order valence-corrected chi connectivity index (χ3v) is 5.41. The molecule has 2 heterocycles. The minimum absolute atomic E-state index is 0.475. The van der Waals surface area contributed by atoms with E-state index in [0.717, 1.165) is 27.6 Å². The van der Waals surface area contributed by atoms with Crippen molar-refractivity contribution < 1.29 is 4.74 Å². The first-order chi connectivity index (χ1) is 13.6. The third kappa shape index (κ3) is 3.80. The summed E-state index contributed by atoms with van der Waals surface area (Å²) in [5.74, 6) is 1.93. The molecule has 0 aliphatic heterocycles. The summed E-state index contributed by atoms with van der Waals surface area (Å²) in [6.45, 7) is 4.83. The summed E-state index contributed by atoms with van der Waals surface area (Å²) in [6, 6.07) is 16.2. The fraction of sp³-hybridized carbons (Fsp3) is 0.238. The molecule has 2 aromatic carbocycles. The van der Waals surface area contributed by atoms with E-state index in [1.54, 1.807) is 23.2 Å². The summed E-state index contributed by atoms with van der Waals surface area (Å²) in [6.07, 6.45) is 0. The first kappa shape index (κ1) is 18.3. The summed E-state index contributed by atoms with van der Waals surface area (Å²) < 4.78 is 5.43. The van der Waals surface area contributed by atoms with E-state index in [1.807, 2.05) is 41.8 Å². The third-order valence-electron chi connectivity index (χ3n) is 4.48. The Morgan fingerprint density at radius 1 is 1.07 bits per heavy atom. The number of thiazole rings is 1. The molecule has 0 N–H and O–H groups in total. The molecular weight excluding hydrogens is 370 g/mol. The van der Waals surface area contributed by atoms with E-state index in [9.17, 15) is 0 Å². The van der Waals surface area contributed by atoms with Gasteiger partial charge >= 0.3 is 0 Å². The second-order valence-corrected chi connectivity index (χ2v) is 7.62. The van der Waals surface area contributed by atoms with Gasteiger partial charge in [0.2, 0.25) is 5.82 Å². The summed E-state index contributed by atoms with van der Waals surface area (Å²) >= 11 is 1.58. The molecule has 7 heteroatoms. The fourth-order valence-corrected chi connectivity index (χ4v) is 3.75. The van der Waals surface area contributed by atoms with Crippen LogP contribution >= 0.6 is 11.3 Å². The van der Waals surface area contributed by atoms with Crippen LogP contribution in [0.5, 0.6) is 5.75 Å². The molecule has 0 bridgehead atoms. The Labute approximate surface area is 167 Å². The predicted molar refractivity (Wildman–Crippen MR) is 111 cm³/mol. The molecule has 6 nitrogen and oxygen atoms in total. The van der Waals surface area contributed by atoms with Gasteiger partial charge < -0.3 is 4.74 Å². The average molecular weight is 392 g/mol. The molecule has 4 rings (SSSR count). The molecule has 142 valence electrons. The summed E-state index contributed by atoms with van der Waals surface area (Å²) in [5.41, 5.74) is 4.13. The van der Waals surface area contributed by atoms with Gasteiger partial charge in [0.05, 0.1) is 18.4 Å². The molecule has 0 aliphatic carbocycles. The maximum Gasteiger partial charge on any atom is 0.204 e. The highest BCUT2D eigenvalue weighted by Gasteiger charge is 2.12. The molecule has 28 heavy (non-hydrogen) atoms. The van der Waals surface area contributed by atoms with E-state index >= 15 is 0 Å². The number of para-hydroxylation sites is 1. The number of methoxy groups -OCH3 is 1. The maximum absolute atomic E-state index is 5.43. The molecule has 0 saturated heterocycles. The van der Waals surface area contributed by atoms with Gasteiger partial charge in [-0.1, -0.05) is 50.2 Å². The molecule has 0 saturated carbocycles. The van der Waals surface area contributed by atoms with E-state index in [0.29, 0.717) is 18.3 Å². The smallest absolute Gasteiger partial charge is 0.204 e. The largest absolute Gasteiger partial charge is 0.496 e. The van der Waals surface area contributed by atoms with Gasteiger partial charge in [0.15, 0.2) is 0 Å². The van der Waals surface area contributed by atoms with E-state index in [2.05, 4.69) is 41.4 Å². The Morgan fingerprint density at radius 2 is 1.86 bits per heavy atom. The standard InChI is InChI=1S/C21H21N5OS/c1-14(2)15-8-10-16(11-9-15)20-23-25-26(24-20)12-17-13-28-21(22-17)18-6-4-5-7-19(18)27-3/h4-11,13-14H,12H2,1-3H3. The molecule has 0 unspecified atom stereocenters. The number of tetrazole rings is 1. The minimum Gasteiger partial charge on any atom is -0.496 e. The zero-order valence-corrected chi connectivity index (χ0v) is 16.8. The van der Waals surface area contributed by atoms with Crippen LogP contribution in [0.25, 0.3) is 22.0 Å². The highest BCUT2D eigenvalue weighted by molar-refractivity contribution is 7.13. The number of hydrogen-bond donors (Lipinski definition) is 0. The van der Waals surface area contributed by atoms with Crippen LogP contribution in [0.15, 0.2) is 53.9 Å². The lowest BCUT2D eigenvalue weighted by atomic mass is 10.0. The lowest BCUT2D eigenvalue weighted by Gasteiger charge is -2.04. The van der Waals surface area contributed by atoms with Crippen molar-refractivity contribution in [3.8, 4) is 27.7 Å². The van der Waals surface area contributed by atoms with Gasteiger partial charge in [-0.15, -0.1) is 21.5 Å². The van der Waals surface area contributed by atoms with Crippen LogP contribution in [0, 0.1) is 0 Å². The van der Waals surface area contributed by atoms with Crippen molar-refractivity contribution in [2.24, 2.45) is 0 Å². The Hall–Kier alpha value is -3.06. The van der Waals surface area contributed by atoms with Crippen molar-refractivity contribution in [1.82, 2.24) is 25.2 Å². The van der Waals surface area contributed by atoms with Crippen LogP contribution in [0.3, 0.4) is 0 Å². The Balaban J connectivity index is 1.51. The molecule has 0 amide bonds. The minimum atomic E-state index is 0.475. The Bertz CT molecular complexity index is 1070. The second kappa shape index (κ2) is 7.90. The van der Waals surface area contributed by atoms with Gasteiger partial charge in [0.1, 0.15) is 17.3 Å². The number of benzene rings is 2. The van der Waals surface area contributed by atoms with Crippen molar-refractivity contribution in [1.29, 1.82) is 0 Å². The van der Waals surface area contributed by atoms with E-state index < -0.39 is 0 Å². The Morgan fingerprint density at radius 3 is 2.61 bits per heavy atom. The topological polar surface area (TPSA) is 65.7 Å². The van der Waals surface area contributed by atoms with E-state index in [1.165, 1.54) is 5.56 Å². The SMILES string of the molecule is COc1ccccc1-c1nc(Cn2nnc(-c3ccc(C(C)C)cc3)n2)cs1. The fourth-order valence-electron chi connectivity index (χ4n) is 2.91. The van der Waals surface area contributed by atoms with Gasteiger partial charge in [-0.3, -0.25) is 0 Å². The number of aromatic nitrogens is 5. The molecule has 0 atom stereocenters. The first-order valence-electron chi connectivity index (χ1n) is 9.10. The van der Waals surface area contributed by atoms with Gasteiger partial charge in [-0.2, -0.15) is 4.80 Å². The number of rotatable bonds is 6. The van der Waals surface area contributed by atoms with Crippen molar-refractivity contribution in [3.63, 3.8) is 0 Å². The lowest BCUT2D eigenvalue weighted by Crippen LogP contribution is -2.04. The van der Waals surface area contributed by atoms with Gasteiger partial charge in [-0.05, 0) is 28.8 Å². The van der Waals surface area contributed by atoms with Gasteiger partial charge in [0, 0.05) is 10.9 Å². The summed E-state index contributed by atoms with van der Waals surface area (Å²) in [7, 11) is 1.67. The predicted octanol–water partition coefficient (Wildman–Crippen LogP) is 4.64. The van der Waals surface area contributed by atoms with Crippen molar-refractivity contribution in [2.75, 3.05) is 7.11 Å². The maximum atomic E-state index is 5.43. The number of ether oxygens (including phenoxy) is 1. The molecular formula is C21H21N5OS. The van der Waals surface area contributed by atoms with Gasteiger partial charge in [0.25, 0.3) is 0 Å². The normalized spacial score (nSPS) is 11.1. The van der Waals surface area contributed by atoms with Crippen LogP contribution in [-0.4, -0.2) is 32.3 Å². The van der Waals surface area contributed by atoms with E-state index in [-0.39, 0.29) is 0 Å². The molecule has 0 fully saturated rings. The monoisotopic (exact) mass is 391 g/mol. The van der Waals surface area contributed by atoms with Crippen molar-refractivity contribution in [3.05, 3.63) is 65.2 Å². The zero-order chi connectivity index (χ0) is 19.5. The van der Waals surface area contributed by atoms with Crippen molar-refractivity contribution >= 4 is 11.3 Å². The van der Waals surface area contributed by atoms with Crippen LogP contribution in [0.4, 0.5) is 0 Å². The molecule has 4 aromatic rings. The van der Waals surface area contributed by atoms with Crippen LogP contribution in [0.1, 0.15) is 31.0 Å². The highest BCUT2D eigenvalue weighted by atomic mass is 32.1.